The minimum Gasteiger partial charge on any atom is -0.507 e. The normalized spacial score (nSPS) is 11.4. The maximum atomic E-state index is 10.4. The zero-order valence-corrected chi connectivity index (χ0v) is 8.84. The third-order valence-electron chi connectivity index (χ3n) is 2.16. The van der Waals surface area contributed by atoms with Crippen LogP contribution in [-0.2, 0) is 4.79 Å². The molecule has 3 N–H and O–H groups in total. The highest BCUT2D eigenvalue weighted by atomic mass is 16.4. The van der Waals surface area contributed by atoms with E-state index in [2.05, 4.69) is 5.16 Å². The molecule has 1 aromatic carbocycles. The fourth-order valence-electron chi connectivity index (χ4n) is 1.34. The second-order valence-corrected chi connectivity index (χ2v) is 3.46. The molecule has 1 rings (SSSR count). The second kappa shape index (κ2) is 5.16. The first kappa shape index (κ1) is 12.0. The number of oxime groups is 1. The molecular formula is C11H13NO4. The molecule has 0 amide bonds. The molecule has 0 unspecified atom stereocenters. The van der Waals surface area contributed by atoms with Gasteiger partial charge in [-0.15, -0.1) is 0 Å². The zero-order chi connectivity index (χ0) is 12.1. The summed E-state index contributed by atoms with van der Waals surface area (Å²) in [5.41, 5.74) is 1.43. The fraction of sp³-hybridized carbons (Fsp3) is 0.273. The monoisotopic (exact) mass is 223 g/mol. The van der Waals surface area contributed by atoms with Crippen molar-refractivity contribution in [3.05, 3.63) is 29.3 Å². The summed E-state index contributed by atoms with van der Waals surface area (Å²) in [6, 6.07) is 4.84. The van der Waals surface area contributed by atoms with E-state index >= 15 is 0 Å². The molecule has 0 aliphatic heterocycles. The number of hydrogen-bond donors (Lipinski definition) is 3. The molecule has 0 aromatic heterocycles. The van der Waals surface area contributed by atoms with Crippen LogP contribution in [0.25, 0.3) is 0 Å². The molecule has 5 heteroatoms. The van der Waals surface area contributed by atoms with E-state index in [9.17, 15) is 9.90 Å². The standard InChI is InChI=1S/C11H13NO4/c1-7-2-4-10(13)8(6-7)9(12-16)3-5-11(14)15/h2,4,6,13,16H,3,5H2,1H3,(H,14,15)/b12-9-. The van der Waals surface area contributed by atoms with Gasteiger partial charge in [-0.2, -0.15) is 0 Å². The number of carboxylic acid groups (broad SMARTS) is 1. The molecule has 0 bridgehead atoms. The van der Waals surface area contributed by atoms with Crippen molar-refractivity contribution in [2.75, 3.05) is 0 Å². The van der Waals surface area contributed by atoms with E-state index in [1.165, 1.54) is 6.07 Å². The summed E-state index contributed by atoms with van der Waals surface area (Å²) in [6.07, 6.45) is -0.0738. The minimum absolute atomic E-state index is 0.0243. The number of benzene rings is 1. The van der Waals surface area contributed by atoms with Gasteiger partial charge in [0.25, 0.3) is 0 Å². The number of nitrogens with zero attached hydrogens (tertiary/aromatic N) is 1. The molecule has 0 fully saturated rings. The molecule has 86 valence electrons. The van der Waals surface area contributed by atoms with Crippen LogP contribution in [0.4, 0.5) is 0 Å². The Morgan fingerprint density at radius 1 is 1.38 bits per heavy atom. The van der Waals surface area contributed by atoms with Crippen molar-refractivity contribution in [1.29, 1.82) is 0 Å². The second-order valence-electron chi connectivity index (χ2n) is 3.46. The van der Waals surface area contributed by atoms with Crippen molar-refractivity contribution in [3.8, 4) is 5.75 Å². The first-order valence-corrected chi connectivity index (χ1v) is 4.77. The summed E-state index contributed by atoms with van der Waals surface area (Å²) in [7, 11) is 0. The van der Waals surface area contributed by atoms with Crippen molar-refractivity contribution < 1.29 is 20.2 Å². The molecule has 5 nitrogen and oxygen atoms in total. The number of phenolic OH excluding ortho intramolecular Hbond substituents is 1. The van der Waals surface area contributed by atoms with Gasteiger partial charge < -0.3 is 15.4 Å². The van der Waals surface area contributed by atoms with Gasteiger partial charge in [0.1, 0.15) is 5.75 Å². The number of phenols is 1. The third-order valence-corrected chi connectivity index (χ3v) is 2.16. The van der Waals surface area contributed by atoms with E-state index in [-0.39, 0.29) is 24.3 Å². The predicted octanol–water partition coefficient (Wildman–Crippen LogP) is 1.74. The molecule has 0 heterocycles. The summed E-state index contributed by atoms with van der Waals surface area (Å²) >= 11 is 0. The molecular weight excluding hydrogens is 210 g/mol. The molecule has 0 radical (unpaired) electrons. The van der Waals surface area contributed by atoms with Crippen LogP contribution in [0.3, 0.4) is 0 Å². The minimum atomic E-state index is -0.978. The van der Waals surface area contributed by atoms with Gasteiger partial charge in [-0.3, -0.25) is 4.79 Å². The van der Waals surface area contributed by atoms with Gasteiger partial charge in [0.15, 0.2) is 0 Å². The molecule has 0 saturated heterocycles. The lowest BCUT2D eigenvalue weighted by atomic mass is 10.0. The lowest BCUT2D eigenvalue weighted by molar-refractivity contribution is -0.136. The van der Waals surface area contributed by atoms with Crippen molar-refractivity contribution in [2.24, 2.45) is 5.16 Å². The molecule has 16 heavy (non-hydrogen) atoms. The molecule has 0 aliphatic carbocycles. The van der Waals surface area contributed by atoms with Gasteiger partial charge in [0, 0.05) is 12.0 Å². The average Bonchev–Trinajstić information content (AvgIpc) is 2.23. The van der Waals surface area contributed by atoms with Gasteiger partial charge in [0.05, 0.1) is 12.1 Å². The van der Waals surface area contributed by atoms with Crippen molar-refractivity contribution >= 4 is 11.7 Å². The van der Waals surface area contributed by atoms with Gasteiger partial charge in [-0.1, -0.05) is 16.8 Å². The van der Waals surface area contributed by atoms with E-state index in [4.69, 9.17) is 10.3 Å². The van der Waals surface area contributed by atoms with Crippen molar-refractivity contribution in [3.63, 3.8) is 0 Å². The van der Waals surface area contributed by atoms with E-state index in [1.54, 1.807) is 12.1 Å². The fourth-order valence-corrected chi connectivity index (χ4v) is 1.34. The Kier molecular flexibility index (Phi) is 3.88. The molecule has 0 spiro atoms. The zero-order valence-electron chi connectivity index (χ0n) is 8.84. The Balaban J connectivity index is 2.95. The quantitative estimate of drug-likeness (QED) is 0.412. The van der Waals surface area contributed by atoms with E-state index in [0.29, 0.717) is 5.56 Å². The van der Waals surface area contributed by atoms with E-state index in [1.807, 2.05) is 6.92 Å². The van der Waals surface area contributed by atoms with Crippen molar-refractivity contribution in [2.45, 2.75) is 19.8 Å². The van der Waals surface area contributed by atoms with E-state index < -0.39 is 5.97 Å². The Morgan fingerprint density at radius 3 is 2.62 bits per heavy atom. The topological polar surface area (TPSA) is 90.1 Å². The lowest BCUT2D eigenvalue weighted by Gasteiger charge is -2.06. The van der Waals surface area contributed by atoms with Crippen LogP contribution in [0.2, 0.25) is 0 Å². The highest BCUT2D eigenvalue weighted by Crippen LogP contribution is 2.20. The van der Waals surface area contributed by atoms with Crippen LogP contribution in [0, 0.1) is 6.92 Å². The average molecular weight is 223 g/mol. The molecule has 0 atom stereocenters. The molecule has 0 saturated carbocycles. The number of aryl methyl sites for hydroxylation is 1. The highest BCUT2D eigenvalue weighted by Gasteiger charge is 2.11. The van der Waals surface area contributed by atoms with Crippen LogP contribution in [-0.4, -0.2) is 27.1 Å². The summed E-state index contributed by atoms with van der Waals surface area (Å²) < 4.78 is 0. The lowest BCUT2D eigenvalue weighted by Crippen LogP contribution is -2.06. The molecule has 0 aliphatic rings. The first-order valence-electron chi connectivity index (χ1n) is 4.77. The van der Waals surface area contributed by atoms with Crippen LogP contribution >= 0.6 is 0 Å². The maximum absolute atomic E-state index is 10.4. The number of aliphatic carboxylic acids is 1. The smallest absolute Gasteiger partial charge is 0.303 e. The van der Waals surface area contributed by atoms with Gasteiger partial charge in [0.2, 0.25) is 0 Å². The number of carbonyl (C=O) groups is 1. The number of carboxylic acids is 1. The Labute approximate surface area is 92.6 Å². The summed E-state index contributed by atoms with van der Waals surface area (Å²) in [5, 5.41) is 29.9. The summed E-state index contributed by atoms with van der Waals surface area (Å²) in [4.78, 5) is 10.4. The Hall–Kier alpha value is -2.04. The Morgan fingerprint density at radius 2 is 2.06 bits per heavy atom. The van der Waals surface area contributed by atoms with Crippen LogP contribution in [0.15, 0.2) is 23.4 Å². The largest absolute Gasteiger partial charge is 0.507 e. The molecule has 1 aromatic rings. The highest BCUT2D eigenvalue weighted by molar-refractivity contribution is 6.03. The summed E-state index contributed by atoms with van der Waals surface area (Å²) in [5.74, 6) is -1.00. The van der Waals surface area contributed by atoms with Crippen molar-refractivity contribution in [1.82, 2.24) is 0 Å². The first-order chi connectivity index (χ1) is 7.54. The van der Waals surface area contributed by atoms with Crippen LogP contribution in [0.5, 0.6) is 5.75 Å². The Bertz CT molecular complexity index is 426. The SMILES string of the molecule is Cc1ccc(O)c(/C(CCC(=O)O)=N\O)c1. The van der Waals surface area contributed by atoms with Crippen LogP contribution in [0.1, 0.15) is 24.0 Å². The number of hydrogen-bond acceptors (Lipinski definition) is 4. The van der Waals surface area contributed by atoms with Gasteiger partial charge in [-0.25, -0.2) is 0 Å². The predicted molar refractivity (Wildman–Crippen MR) is 58.0 cm³/mol. The maximum Gasteiger partial charge on any atom is 0.303 e. The number of aromatic hydroxyl groups is 1. The van der Waals surface area contributed by atoms with Gasteiger partial charge >= 0.3 is 5.97 Å². The van der Waals surface area contributed by atoms with Crippen LogP contribution < -0.4 is 0 Å². The third kappa shape index (κ3) is 2.98. The summed E-state index contributed by atoms with van der Waals surface area (Å²) in [6.45, 7) is 1.83. The number of rotatable bonds is 4. The van der Waals surface area contributed by atoms with E-state index in [0.717, 1.165) is 5.56 Å². The van der Waals surface area contributed by atoms with Gasteiger partial charge in [-0.05, 0) is 19.1 Å².